The first kappa shape index (κ1) is 10.2. The number of oxime groups is 1. The van der Waals surface area contributed by atoms with E-state index in [0.29, 0.717) is 5.69 Å². The maximum Gasteiger partial charge on any atom is 0.270 e. The summed E-state index contributed by atoms with van der Waals surface area (Å²) in [5, 5.41) is 15.6. The van der Waals surface area contributed by atoms with E-state index in [1.165, 1.54) is 0 Å². The molecule has 0 bridgehead atoms. The van der Waals surface area contributed by atoms with Crippen LogP contribution in [0.4, 0.5) is 5.69 Å². The Kier molecular flexibility index (Phi) is 2.82. The van der Waals surface area contributed by atoms with Crippen LogP contribution in [0.3, 0.4) is 0 Å². The largest absolute Gasteiger partial charge is 0.411 e. The first-order chi connectivity index (χ1) is 7.79. The molecule has 0 aliphatic heterocycles. The highest BCUT2D eigenvalue weighted by molar-refractivity contribution is 6.31. The van der Waals surface area contributed by atoms with Crippen molar-refractivity contribution >= 4 is 28.6 Å². The molecular weight excluding hydrogens is 204 g/mol. The van der Waals surface area contributed by atoms with Crippen molar-refractivity contribution in [2.45, 2.75) is 0 Å². The number of carbonyl (C=O) groups excluding carboxylic acids is 1. The molecule has 2 aromatic carbocycles. The lowest BCUT2D eigenvalue weighted by Crippen LogP contribution is -2.12. The Bertz CT molecular complexity index is 549. The Morgan fingerprint density at radius 2 is 1.94 bits per heavy atom. The van der Waals surface area contributed by atoms with Gasteiger partial charge in [-0.05, 0) is 22.9 Å². The predicted octanol–water partition coefficient (Wildman–Crippen LogP) is 2.24. The van der Waals surface area contributed by atoms with E-state index in [-0.39, 0.29) is 0 Å². The minimum absolute atomic E-state index is 0.460. The van der Waals surface area contributed by atoms with Crippen LogP contribution in [0, 0.1) is 0 Å². The number of fused-ring (bicyclic) bond motifs is 1. The summed E-state index contributed by atoms with van der Waals surface area (Å²) in [5.41, 5.74) is 0.670. The Morgan fingerprint density at radius 1 is 1.19 bits per heavy atom. The van der Waals surface area contributed by atoms with E-state index in [1.807, 2.05) is 36.4 Å². The monoisotopic (exact) mass is 214 g/mol. The number of hydrogen-bond donors (Lipinski definition) is 2. The highest BCUT2D eigenvalue weighted by Crippen LogP contribution is 2.18. The summed E-state index contributed by atoms with van der Waals surface area (Å²) in [6.07, 6.45) is 0.815. The molecule has 0 atom stereocenters. The molecule has 1 amide bonds. The zero-order valence-electron chi connectivity index (χ0n) is 8.42. The molecule has 2 aromatic rings. The zero-order valence-corrected chi connectivity index (χ0v) is 8.42. The van der Waals surface area contributed by atoms with E-state index in [4.69, 9.17) is 5.21 Å². The molecule has 4 heteroatoms. The molecule has 0 saturated carbocycles. The Hall–Kier alpha value is -2.36. The van der Waals surface area contributed by atoms with Crippen LogP contribution in [0.15, 0.2) is 47.6 Å². The number of hydrogen-bond acceptors (Lipinski definition) is 3. The average molecular weight is 214 g/mol. The second-order valence-electron chi connectivity index (χ2n) is 3.30. The van der Waals surface area contributed by atoms with E-state index in [1.54, 1.807) is 6.07 Å². The molecule has 0 radical (unpaired) electrons. The van der Waals surface area contributed by atoms with Crippen LogP contribution in [0.1, 0.15) is 0 Å². The second-order valence-corrected chi connectivity index (χ2v) is 3.30. The van der Waals surface area contributed by atoms with Gasteiger partial charge in [-0.25, -0.2) is 0 Å². The summed E-state index contributed by atoms with van der Waals surface area (Å²) in [6, 6.07) is 13.4. The summed E-state index contributed by atoms with van der Waals surface area (Å²) in [6.45, 7) is 0. The minimum Gasteiger partial charge on any atom is -0.411 e. The van der Waals surface area contributed by atoms with Crippen molar-refractivity contribution in [3.05, 3.63) is 42.5 Å². The molecule has 0 unspecified atom stereocenters. The average Bonchev–Trinajstić information content (AvgIpc) is 2.29. The zero-order chi connectivity index (χ0) is 11.4. The Labute approximate surface area is 92.2 Å². The molecule has 16 heavy (non-hydrogen) atoms. The molecule has 0 spiro atoms. The van der Waals surface area contributed by atoms with Gasteiger partial charge in [0.1, 0.15) is 6.21 Å². The van der Waals surface area contributed by atoms with Gasteiger partial charge in [-0.1, -0.05) is 35.5 Å². The van der Waals surface area contributed by atoms with Gasteiger partial charge >= 0.3 is 0 Å². The summed E-state index contributed by atoms with van der Waals surface area (Å²) in [7, 11) is 0. The van der Waals surface area contributed by atoms with Crippen LogP contribution in [0.2, 0.25) is 0 Å². The fraction of sp³-hybridized carbons (Fsp3) is 0. The third-order valence-electron chi connectivity index (χ3n) is 2.19. The van der Waals surface area contributed by atoms with Gasteiger partial charge < -0.3 is 10.5 Å². The maximum atomic E-state index is 11.1. The number of rotatable bonds is 2. The smallest absolute Gasteiger partial charge is 0.270 e. The van der Waals surface area contributed by atoms with Crippen LogP contribution in [-0.4, -0.2) is 17.3 Å². The lowest BCUT2D eigenvalue weighted by Gasteiger charge is -2.03. The van der Waals surface area contributed by atoms with Crippen molar-refractivity contribution in [3.63, 3.8) is 0 Å². The van der Waals surface area contributed by atoms with E-state index >= 15 is 0 Å². The maximum absolute atomic E-state index is 11.1. The van der Waals surface area contributed by atoms with Gasteiger partial charge in [-0.2, -0.15) is 0 Å². The molecule has 0 fully saturated rings. The number of carbonyl (C=O) groups is 1. The van der Waals surface area contributed by atoms with Gasteiger partial charge in [-0.15, -0.1) is 0 Å². The van der Waals surface area contributed by atoms with E-state index in [2.05, 4.69) is 10.5 Å². The van der Waals surface area contributed by atoms with Crippen LogP contribution in [-0.2, 0) is 4.79 Å². The molecule has 0 aromatic heterocycles. The van der Waals surface area contributed by atoms with Crippen molar-refractivity contribution < 1.29 is 10.0 Å². The van der Waals surface area contributed by atoms with Crippen molar-refractivity contribution in [3.8, 4) is 0 Å². The van der Waals surface area contributed by atoms with Gasteiger partial charge in [0.2, 0.25) is 0 Å². The summed E-state index contributed by atoms with van der Waals surface area (Å²) >= 11 is 0. The van der Waals surface area contributed by atoms with Crippen LogP contribution in [0.25, 0.3) is 10.8 Å². The number of nitrogens with zero attached hydrogens (tertiary/aromatic N) is 1. The SMILES string of the molecule is O=C(/C=N\O)Nc1ccc2ccccc2c1. The minimum atomic E-state index is -0.460. The molecule has 2 rings (SSSR count). The topological polar surface area (TPSA) is 61.7 Å². The van der Waals surface area contributed by atoms with E-state index in [9.17, 15) is 4.79 Å². The van der Waals surface area contributed by atoms with Gasteiger partial charge in [0.15, 0.2) is 0 Å². The number of anilines is 1. The van der Waals surface area contributed by atoms with E-state index < -0.39 is 5.91 Å². The third-order valence-corrected chi connectivity index (χ3v) is 2.19. The third kappa shape index (κ3) is 2.17. The Morgan fingerprint density at radius 3 is 2.69 bits per heavy atom. The standard InChI is InChI=1S/C12H10N2O2/c15-12(8-13-16)14-11-6-5-9-3-1-2-4-10(9)7-11/h1-8,16H,(H,14,15)/b13-8-. The molecule has 0 saturated heterocycles. The highest BCUT2D eigenvalue weighted by Gasteiger charge is 1.99. The first-order valence-corrected chi connectivity index (χ1v) is 4.77. The van der Waals surface area contributed by atoms with Crippen molar-refractivity contribution in [1.29, 1.82) is 0 Å². The van der Waals surface area contributed by atoms with Crippen LogP contribution in [0.5, 0.6) is 0 Å². The van der Waals surface area contributed by atoms with Crippen LogP contribution < -0.4 is 5.32 Å². The number of amides is 1. The molecule has 0 aliphatic rings. The fourth-order valence-corrected chi connectivity index (χ4v) is 1.49. The first-order valence-electron chi connectivity index (χ1n) is 4.77. The summed E-state index contributed by atoms with van der Waals surface area (Å²) in [4.78, 5) is 11.1. The normalized spacial score (nSPS) is 10.8. The molecule has 0 aliphatic carbocycles. The lowest BCUT2D eigenvalue weighted by molar-refractivity contribution is -0.110. The van der Waals surface area contributed by atoms with Gasteiger partial charge in [0.25, 0.3) is 5.91 Å². The van der Waals surface area contributed by atoms with Gasteiger partial charge in [-0.3, -0.25) is 4.79 Å². The lowest BCUT2D eigenvalue weighted by atomic mass is 10.1. The quantitative estimate of drug-likeness (QED) is 0.457. The van der Waals surface area contributed by atoms with Crippen LogP contribution >= 0.6 is 0 Å². The van der Waals surface area contributed by atoms with E-state index in [0.717, 1.165) is 17.0 Å². The fourth-order valence-electron chi connectivity index (χ4n) is 1.49. The molecule has 0 heterocycles. The molecule has 4 nitrogen and oxygen atoms in total. The molecular formula is C12H10N2O2. The molecule has 80 valence electrons. The summed E-state index contributed by atoms with van der Waals surface area (Å²) in [5.74, 6) is -0.460. The van der Waals surface area contributed by atoms with Crippen molar-refractivity contribution in [2.24, 2.45) is 5.16 Å². The number of nitrogens with one attached hydrogen (secondary N) is 1. The van der Waals surface area contributed by atoms with Crippen molar-refractivity contribution in [2.75, 3.05) is 5.32 Å². The van der Waals surface area contributed by atoms with Gasteiger partial charge in [0, 0.05) is 5.69 Å². The second kappa shape index (κ2) is 4.44. The summed E-state index contributed by atoms with van der Waals surface area (Å²) < 4.78 is 0. The number of benzene rings is 2. The predicted molar refractivity (Wildman–Crippen MR) is 62.9 cm³/mol. The van der Waals surface area contributed by atoms with Gasteiger partial charge in [0.05, 0.1) is 0 Å². The Balaban J connectivity index is 2.29. The van der Waals surface area contributed by atoms with Crippen molar-refractivity contribution in [1.82, 2.24) is 0 Å². The highest BCUT2D eigenvalue weighted by atomic mass is 16.4. The molecule has 2 N–H and O–H groups in total.